The first-order chi connectivity index (χ1) is 24.8. The maximum absolute atomic E-state index is 9.51. The molecule has 0 aliphatic heterocycles. The number of anilines is 2. The number of para-hydroxylation sites is 2. The Labute approximate surface area is 293 Å². The van der Waals surface area contributed by atoms with E-state index in [-0.39, 0.29) is 0 Å². The van der Waals surface area contributed by atoms with Crippen LogP contribution in [0.1, 0.15) is 36.8 Å². The van der Waals surface area contributed by atoms with Gasteiger partial charge >= 0.3 is 0 Å². The van der Waals surface area contributed by atoms with Crippen LogP contribution < -0.4 is 4.90 Å². The van der Waals surface area contributed by atoms with E-state index in [1.807, 2.05) is 12.1 Å². The van der Waals surface area contributed by atoms with Crippen molar-refractivity contribution in [3.8, 4) is 6.07 Å². The average molecular weight is 644 g/mol. The van der Waals surface area contributed by atoms with E-state index < -0.39 is 0 Å². The smallest absolute Gasteiger partial charge is 0.0991 e. The molecule has 3 heteroatoms. The summed E-state index contributed by atoms with van der Waals surface area (Å²) in [4.78, 5) is 2.38. The van der Waals surface area contributed by atoms with Crippen LogP contribution in [0.15, 0.2) is 169 Å². The number of hydrogen-bond acceptors (Lipinski definition) is 2. The molecule has 50 heavy (non-hydrogen) atoms. The van der Waals surface area contributed by atoms with Gasteiger partial charge < -0.3 is 9.47 Å². The SMILES string of the molecule is N#Cc1ccc(N(C2=C3C=CC4=CC=C(c5ccc6c(c5)c5ccccc5n6C5=CC=CCC5)C5CCC(C=C2)C3C45)c2ccccc2)cc1. The predicted molar refractivity (Wildman–Crippen MR) is 206 cm³/mol. The molecule has 1 fully saturated rings. The van der Waals surface area contributed by atoms with Gasteiger partial charge in [0.1, 0.15) is 0 Å². The van der Waals surface area contributed by atoms with Crippen LogP contribution in [0.2, 0.25) is 0 Å². The van der Waals surface area contributed by atoms with Gasteiger partial charge in [-0.3, -0.25) is 0 Å². The topological polar surface area (TPSA) is 32.0 Å². The molecule has 0 N–H and O–H groups in total. The highest BCUT2D eigenvalue weighted by atomic mass is 15.1. The van der Waals surface area contributed by atoms with Crippen LogP contribution >= 0.6 is 0 Å². The Bertz CT molecular complexity index is 2450. The first-order valence-corrected chi connectivity index (χ1v) is 18.0. The molecular weight excluding hydrogens is 607 g/mol. The second kappa shape index (κ2) is 11.6. The molecule has 4 aromatic carbocycles. The zero-order valence-corrected chi connectivity index (χ0v) is 27.9. The number of nitrogens with zero attached hydrogens (tertiary/aromatic N) is 3. The lowest BCUT2D eigenvalue weighted by molar-refractivity contribution is 0.202. The lowest BCUT2D eigenvalue weighted by atomic mass is 9.55. The Hall–Kier alpha value is -5.85. The molecule has 5 aliphatic carbocycles. The number of aromatic nitrogens is 1. The van der Waals surface area contributed by atoms with Gasteiger partial charge in [0.2, 0.25) is 0 Å². The van der Waals surface area contributed by atoms with Crippen molar-refractivity contribution >= 4 is 44.5 Å². The minimum absolute atomic E-state index is 0.412. The standard InChI is InChI=1S/C47H37N3/c48-30-31-15-22-37(23-16-31)49(35-9-3-1-4-10-35)44-27-20-33-18-25-40-38(24-17-32-19-26-41(44)47(33)46(32)40)34-21-28-45-42(29-34)39-13-7-8-14-43(39)50(45)36-11-5-2-6-12-36/h1-5,7-11,13-17,19-24,26-29,33,40,46-47H,6,12,18,25H2. The monoisotopic (exact) mass is 643 g/mol. The molecule has 10 rings (SSSR count). The van der Waals surface area contributed by atoms with Crippen LogP contribution in [0.25, 0.3) is 33.1 Å². The van der Waals surface area contributed by atoms with Crippen molar-refractivity contribution in [2.24, 2.45) is 23.7 Å². The highest BCUT2D eigenvalue weighted by molar-refractivity contribution is 6.11. The maximum Gasteiger partial charge on any atom is 0.0991 e. The molecule has 0 bridgehead atoms. The van der Waals surface area contributed by atoms with Gasteiger partial charge in [0, 0.05) is 33.5 Å². The summed E-state index contributed by atoms with van der Waals surface area (Å²) in [5.41, 5.74) is 13.8. The van der Waals surface area contributed by atoms with E-state index in [2.05, 4.69) is 155 Å². The highest BCUT2D eigenvalue weighted by Gasteiger charge is 2.47. The number of fused-ring (bicyclic) bond motifs is 3. The van der Waals surface area contributed by atoms with Crippen molar-refractivity contribution in [2.45, 2.75) is 25.7 Å². The summed E-state index contributed by atoms with van der Waals surface area (Å²) >= 11 is 0. The van der Waals surface area contributed by atoms with Gasteiger partial charge in [-0.15, -0.1) is 0 Å². The number of benzene rings is 4. The molecule has 3 nitrogen and oxygen atoms in total. The quantitative estimate of drug-likeness (QED) is 0.191. The van der Waals surface area contributed by atoms with E-state index in [1.54, 1.807) is 0 Å². The van der Waals surface area contributed by atoms with Crippen LogP contribution in [0.4, 0.5) is 11.4 Å². The number of nitriles is 1. The summed E-state index contributed by atoms with van der Waals surface area (Å²) in [6.07, 6.45) is 25.8. The molecule has 240 valence electrons. The molecule has 0 amide bonds. The average Bonchev–Trinajstić information content (AvgIpc) is 3.52. The Morgan fingerprint density at radius 1 is 0.720 bits per heavy atom. The Morgan fingerprint density at radius 2 is 1.54 bits per heavy atom. The second-order valence-corrected chi connectivity index (χ2v) is 14.3. The number of rotatable bonds is 5. The summed E-state index contributed by atoms with van der Waals surface area (Å²) < 4.78 is 2.49. The van der Waals surface area contributed by atoms with Gasteiger partial charge in [0.25, 0.3) is 0 Å². The molecular formula is C47H37N3. The van der Waals surface area contributed by atoms with Crippen molar-refractivity contribution in [3.63, 3.8) is 0 Å². The van der Waals surface area contributed by atoms with E-state index in [0.717, 1.165) is 24.2 Å². The van der Waals surface area contributed by atoms with Crippen molar-refractivity contribution in [1.29, 1.82) is 5.26 Å². The van der Waals surface area contributed by atoms with E-state index in [0.29, 0.717) is 29.2 Å². The second-order valence-electron chi connectivity index (χ2n) is 14.3. The zero-order valence-electron chi connectivity index (χ0n) is 27.9. The minimum atomic E-state index is 0.412. The molecule has 4 unspecified atom stereocenters. The van der Waals surface area contributed by atoms with Gasteiger partial charge in [-0.25, -0.2) is 0 Å². The first kappa shape index (κ1) is 29.1. The van der Waals surface area contributed by atoms with E-state index >= 15 is 0 Å². The largest absolute Gasteiger partial charge is 0.313 e. The van der Waals surface area contributed by atoms with Crippen LogP contribution in [-0.2, 0) is 0 Å². The van der Waals surface area contributed by atoms with Crippen molar-refractivity contribution in [1.82, 2.24) is 4.57 Å². The first-order valence-electron chi connectivity index (χ1n) is 18.0. The van der Waals surface area contributed by atoms with Gasteiger partial charge in [-0.05, 0) is 138 Å². The van der Waals surface area contributed by atoms with Crippen LogP contribution in [0.5, 0.6) is 0 Å². The third kappa shape index (κ3) is 4.49. The minimum Gasteiger partial charge on any atom is -0.313 e. The van der Waals surface area contributed by atoms with E-state index in [9.17, 15) is 5.26 Å². The number of allylic oxidation sites excluding steroid dienone is 13. The molecule has 1 aromatic heterocycles. The molecule has 0 saturated heterocycles. The van der Waals surface area contributed by atoms with Crippen LogP contribution in [0, 0.1) is 35.0 Å². The van der Waals surface area contributed by atoms with Gasteiger partial charge in [-0.2, -0.15) is 5.26 Å². The lowest BCUT2D eigenvalue weighted by Gasteiger charge is -2.50. The maximum atomic E-state index is 9.51. The highest BCUT2D eigenvalue weighted by Crippen LogP contribution is 2.57. The zero-order chi connectivity index (χ0) is 33.2. The predicted octanol–water partition coefficient (Wildman–Crippen LogP) is 11.7. The van der Waals surface area contributed by atoms with Gasteiger partial charge in [0.05, 0.1) is 22.7 Å². The van der Waals surface area contributed by atoms with Crippen molar-refractivity contribution < 1.29 is 0 Å². The molecule has 0 radical (unpaired) electrons. The fraction of sp³-hybridized carbons (Fsp3) is 0.170. The lowest BCUT2D eigenvalue weighted by Crippen LogP contribution is -2.41. The molecule has 1 heterocycles. The Kier molecular flexibility index (Phi) is 6.78. The van der Waals surface area contributed by atoms with E-state index in [1.165, 1.54) is 68.3 Å². The summed E-state index contributed by atoms with van der Waals surface area (Å²) in [6, 6.07) is 37.1. The summed E-state index contributed by atoms with van der Waals surface area (Å²) in [5, 5.41) is 12.2. The molecule has 4 atom stereocenters. The summed E-state index contributed by atoms with van der Waals surface area (Å²) in [6.45, 7) is 0. The Balaban J connectivity index is 1.08. The van der Waals surface area contributed by atoms with Crippen LogP contribution in [0.3, 0.4) is 0 Å². The van der Waals surface area contributed by atoms with E-state index in [4.69, 9.17) is 0 Å². The fourth-order valence-electron chi connectivity index (χ4n) is 9.57. The van der Waals surface area contributed by atoms with Crippen molar-refractivity contribution in [2.75, 3.05) is 4.90 Å². The molecule has 0 spiro atoms. The van der Waals surface area contributed by atoms with Gasteiger partial charge in [-0.1, -0.05) is 85.0 Å². The number of hydrogen-bond donors (Lipinski definition) is 0. The summed E-state index contributed by atoms with van der Waals surface area (Å²) in [5.74, 6) is 1.82. The Morgan fingerprint density at radius 3 is 2.38 bits per heavy atom. The molecule has 5 aliphatic rings. The third-order valence-electron chi connectivity index (χ3n) is 11.7. The third-order valence-corrected chi connectivity index (χ3v) is 11.7. The van der Waals surface area contributed by atoms with Gasteiger partial charge in [0.15, 0.2) is 0 Å². The van der Waals surface area contributed by atoms with Crippen molar-refractivity contribution in [3.05, 3.63) is 180 Å². The fourth-order valence-corrected chi connectivity index (χ4v) is 9.57. The molecule has 1 saturated carbocycles. The molecule has 5 aromatic rings. The normalized spacial score (nSPS) is 23.3. The van der Waals surface area contributed by atoms with Crippen LogP contribution in [-0.4, -0.2) is 4.57 Å². The summed E-state index contributed by atoms with van der Waals surface area (Å²) in [7, 11) is 0.